The van der Waals surface area contributed by atoms with Gasteiger partial charge in [-0.1, -0.05) is 42.2 Å². The molecule has 1 amide bonds. The van der Waals surface area contributed by atoms with Crippen LogP contribution >= 0.6 is 24.0 Å². The van der Waals surface area contributed by atoms with Crippen LogP contribution in [0.3, 0.4) is 0 Å². The van der Waals surface area contributed by atoms with Crippen molar-refractivity contribution in [2.75, 3.05) is 38.1 Å². The summed E-state index contributed by atoms with van der Waals surface area (Å²) in [4.78, 5) is 22.0. The molecule has 0 saturated carbocycles. The fourth-order valence-electron chi connectivity index (χ4n) is 3.99. The number of carbonyl (C=O) groups excluding carboxylic acids is 1. The number of rotatable bonds is 3. The number of anilines is 1. The van der Waals surface area contributed by atoms with Crippen LogP contribution < -0.4 is 10.2 Å². The highest BCUT2D eigenvalue weighted by atomic mass is 32.2. The van der Waals surface area contributed by atoms with Crippen molar-refractivity contribution in [3.8, 4) is 11.1 Å². The predicted molar refractivity (Wildman–Crippen MR) is 133 cm³/mol. The largest absolute Gasteiger partial charge is 0.369 e. The van der Waals surface area contributed by atoms with E-state index in [4.69, 9.17) is 12.2 Å². The number of benzene rings is 2. The van der Waals surface area contributed by atoms with Gasteiger partial charge >= 0.3 is 0 Å². The quantitative estimate of drug-likeness (QED) is 0.482. The van der Waals surface area contributed by atoms with E-state index in [0.29, 0.717) is 9.23 Å². The molecular weight excluding hydrogens is 424 g/mol. The maximum Gasteiger partial charge on any atom is 0.263 e. The van der Waals surface area contributed by atoms with Gasteiger partial charge in [0.05, 0.1) is 10.4 Å². The number of amides is 1. The Kier molecular flexibility index (Phi) is 5.48. The Bertz CT molecular complexity index is 1200. The number of hydrogen-bond acceptors (Lipinski definition) is 6. The van der Waals surface area contributed by atoms with Crippen LogP contribution in [0.15, 0.2) is 59.6 Å². The molecule has 156 valence electrons. The van der Waals surface area contributed by atoms with E-state index in [1.807, 2.05) is 24.4 Å². The van der Waals surface area contributed by atoms with Gasteiger partial charge in [0.2, 0.25) is 0 Å². The molecule has 2 saturated heterocycles. The molecule has 5 rings (SSSR count). The summed E-state index contributed by atoms with van der Waals surface area (Å²) in [7, 11) is 2.17. The second kappa shape index (κ2) is 8.42. The van der Waals surface area contributed by atoms with Gasteiger partial charge in [-0.2, -0.15) is 0 Å². The molecule has 0 spiro atoms. The van der Waals surface area contributed by atoms with Crippen molar-refractivity contribution in [1.29, 1.82) is 0 Å². The van der Waals surface area contributed by atoms with E-state index in [1.54, 1.807) is 0 Å². The van der Waals surface area contributed by atoms with Crippen LogP contribution in [-0.4, -0.2) is 53.3 Å². The van der Waals surface area contributed by atoms with Crippen molar-refractivity contribution < 1.29 is 4.79 Å². The predicted octanol–water partition coefficient (Wildman–Crippen LogP) is 4.14. The third kappa shape index (κ3) is 4.21. The number of nitrogens with zero attached hydrogens (tertiary/aromatic N) is 3. The fourth-order valence-corrected chi connectivity index (χ4v) is 5.04. The smallest absolute Gasteiger partial charge is 0.263 e. The van der Waals surface area contributed by atoms with E-state index in [1.165, 1.54) is 17.4 Å². The van der Waals surface area contributed by atoms with Crippen molar-refractivity contribution in [2.45, 2.75) is 0 Å². The van der Waals surface area contributed by atoms with Crippen LogP contribution in [0.5, 0.6) is 0 Å². The lowest BCUT2D eigenvalue weighted by Crippen LogP contribution is -2.44. The first-order valence-electron chi connectivity index (χ1n) is 10.2. The lowest BCUT2D eigenvalue weighted by atomic mass is 9.99. The molecule has 3 aromatic rings. The Morgan fingerprint density at radius 1 is 1.06 bits per heavy atom. The summed E-state index contributed by atoms with van der Waals surface area (Å²) in [6, 6.07) is 16.9. The summed E-state index contributed by atoms with van der Waals surface area (Å²) >= 11 is 6.39. The molecule has 1 N–H and O–H groups in total. The molecule has 5 nitrogen and oxygen atoms in total. The van der Waals surface area contributed by atoms with Crippen molar-refractivity contribution in [3.05, 3.63) is 65.2 Å². The average Bonchev–Trinajstić information content (AvgIpc) is 3.10. The van der Waals surface area contributed by atoms with Gasteiger partial charge in [-0.3, -0.25) is 9.78 Å². The molecule has 3 heterocycles. The molecule has 7 heteroatoms. The highest BCUT2D eigenvalue weighted by molar-refractivity contribution is 8.26. The number of hydrogen-bond donors (Lipinski definition) is 1. The van der Waals surface area contributed by atoms with Gasteiger partial charge in [-0.25, -0.2) is 0 Å². The molecule has 1 aromatic heterocycles. The van der Waals surface area contributed by atoms with E-state index >= 15 is 0 Å². The number of thioether (sulfide) groups is 1. The van der Waals surface area contributed by atoms with Crippen molar-refractivity contribution in [3.63, 3.8) is 0 Å². The number of nitrogens with one attached hydrogen (secondary N) is 1. The first-order valence-corrected chi connectivity index (χ1v) is 11.5. The summed E-state index contributed by atoms with van der Waals surface area (Å²) in [5.74, 6) is -0.138. The summed E-state index contributed by atoms with van der Waals surface area (Å²) < 4.78 is 0.500. The molecule has 0 radical (unpaired) electrons. The summed E-state index contributed by atoms with van der Waals surface area (Å²) in [6.07, 6.45) is 3.73. The molecule has 0 atom stereocenters. The molecule has 2 aliphatic heterocycles. The van der Waals surface area contributed by atoms with Crippen LogP contribution in [0, 0.1) is 0 Å². The Balaban J connectivity index is 1.47. The van der Waals surface area contributed by atoms with E-state index in [-0.39, 0.29) is 5.91 Å². The number of fused-ring (bicyclic) bond motifs is 1. The van der Waals surface area contributed by atoms with E-state index < -0.39 is 0 Å². The second-order valence-electron chi connectivity index (χ2n) is 7.82. The Morgan fingerprint density at radius 2 is 1.84 bits per heavy atom. The molecule has 2 fully saturated rings. The van der Waals surface area contributed by atoms with Crippen LogP contribution in [0.25, 0.3) is 28.1 Å². The minimum Gasteiger partial charge on any atom is -0.369 e. The van der Waals surface area contributed by atoms with Crippen LogP contribution in [0.1, 0.15) is 5.56 Å². The molecule has 0 bridgehead atoms. The van der Waals surface area contributed by atoms with Gasteiger partial charge in [-0.15, -0.1) is 0 Å². The number of piperazine rings is 1. The molecule has 31 heavy (non-hydrogen) atoms. The van der Waals surface area contributed by atoms with E-state index in [2.05, 4.69) is 63.5 Å². The second-order valence-corrected chi connectivity index (χ2v) is 9.54. The summed E-state index contributed by atoms with van der Waals surface area (Å²) in [5.41, 5.74) is 5.44. The normalized spacial score (nSPS) is 18.7. The molecule has 0 unspecified atom stereocenters. The Hall–Kier alpha value is -2.74. The molecule has 2 aliphatic rings. The zero-order valence-electron chi connectivity index (χ0n) is 17.2. The number of likely N-dealkylation sites (N-methyl/N-ethyl adjacent to an activating group) is 1. The Labute approximate surface area is 191 Å². The maximum atomic E-state index is 12.0. The highest BCUT2D eigenvalue weighted by Crippen LogP contribution is 2.32. The van der Waals surface area contributed by atoms with Crippen LogP contribution in [-0.2, 0) is 4.79 Å². The number of thiocarbonyl (C=S) groups is 1. The highest BCUT2D eigenvalue weighted by Gasteiger charge is 2.22. The number of aromatic nitrogens is 1. The van der Waals surface area contributed by atoms with Gasteiger partial charge in [0.1, 0.15) is 4.32 Å². The number of carbonyl (C=O) groups is 1. The maximum absolute atomic E-state index is 12.0. The zero-order valence-corrected chi connectivity index (χ0v) is 18.8. The first-order chi connectivity index (χ1) is 15.1. The minimum atomic E-state index is -0.138. The average molecular weight is 447 g/mol. The lowest BCUT2D eigenvalue weighted by molar-refractivity contribution is -0.115. The SMILES string of the molecule is CN1CCN(c2ccc(-c3ccnc4ccc(C=C5SC(=S)NC5=O)cc34)cc2)CC1. The standard InChI is InChI=1S/C24H22N4OS2/c1-27-10-12-28(13-11-27)18-5-3-17(4-6-18)19-8-9-25-21-7-2-16(14-20(19)21)15-22-23(29)26-24(30)31-22/h2-9,14-15H,10-13H2,1H3,(H,26,29,30). The van der Waals surface area contributed by atoms with Gasteiger partial charge in [0.15, 0.2) is 0 Å². The van der Waals surface area contributed by atoms with Crippen LogP contribution in [0.4, 0.5) is 5.69 Å². The minimum absolute atomic E-state index is 0.138. The van der Waals surface area contributed by atoms with Crippen molar-refractivity contribution >= 4 is 56.9 Å². The zero-order chi connectivity index (χ0) is 21.4. The van der Waals surface area contributed by atoms with Gasteiger partial charge < -0.3 is 15.1 Å². The fraction of sp³-hybridized carbons (Fsp3) is 0.208. The van der Waals surface area contributed by atoms with E-state index in [9.17, 15) is 4.79 Å². The summed E-state index contributed by atoms with van der Waals surface area (Å²) in [5, 5.41) is 3.73. The lowest BCUT2D eigenvalue weighted by Gasteiger charge is -2.34. The third-order valence-electron chi connectivity index (χ3n) is 5.75. The van der Waals surface area contributed by atoms with Crippen LogP contribution in [0.2, 0.25) is 0 Å². The van der Waals surface area contributed by atoms with E-state index in [0.717, 1.165) is 53.8 Å². The third-order valence-corrected chi connectivity index (χ3v) is 6.91. The topological polar surface area (TPSA) is 48.5 Å². The molecule has 0 aliphatic carbocycles. The first kappa shape index (κ1) is 20.2. The van der Waals surface area contributed by atoms with Gasteiger partial charge in [0, 0.05) is 43.4 Å². The van der Waals surface area contributed by atoms with Crippen molar-refractivity contribution in [1.82, 2.24) is 15.2 Å². The molecular formula is C24H22N4OS2. The Morgan fingerprint density at radius 3 is 2.55 bits per heavy atom. The monoisotopic (exact) mass is 446 g/mol. The van der Waals surface area contributed by atoms with Gasteiger partial charge in [0.25, 0.3) is 5.91 Å². The van der Waals surface area contributed by atoms with Crippen molar-refractivity contribution in [2.24, 2.45) is 0 Å². The number of pyridine rings is 1. The summed E-state index contributed by atoms with van der Waals surface area (Å²) in [6.45, 7) is 4.30. The molecule has 2 aromatic carbocycles. The van der Waals surface area contributed by atoms with Gasteiger partial charge in [-0.05, 0) is 60.1 Å².